The lowest BCUT2D eigenvalue weighted by Gasteiger charge is -2.22. The van der Waals surface area contributed by atoms with E-state index in [0.717, 1.165) is 44.3 Å². The fraction of sp³-hybridized carbons (Fsp3) is 0.458. The average Bonchev–Trinajstić information content (AvgIpc) is 2.80. The zero-order chi connectivity index (χ0) is 20.9. The maximum absolute atomic E-state index is 6.04. The second-order valence-corrected chi connectivity index (χ2v) is 7.23. The van der Waals surface area contributed by atoms with Gasteiger partial charge in [0.15, 0.2) is 5.96 Å². The van der Waals surface area contributed by atoms with E-state index in [2.05, 4.69) is 41.8 Å². The zero-order valence-corrected chi connectivity index (χ0v) is 17.8. The number of rotatable bonds is 10. The molecule has 1 saturated heterocycles. The first-order valence-corrected chi connectivity index (χ1v) is 10.8. The van der Waals surface area contributed by atoms with Crippen LogP contribution in [-0.2, 0) is 22.6 Å². The third-order valence-corrected chi connectivity index (χ3v) is 4.82. The van der Waals surface area contributed by atoms with Crippen LogP contribution in [-0.4, -0.2) is 45.0 Å². The summed E-state index contributed by atoms with van der Waals surface area (Å²) in [7, 11) is 0. The number of benzene rings is 2. The second-order valence-electron chi connectivity index (χ2n) is 7.23. The molecule has 3 rings (SSSR count). The molecule has 30 heavy (non-hydrogen) atoms. The minimum atomic E-state index is 0.308. The van der Waals surface area contributed by atoms with E-state index in [-0.39, 0.29) is 0 Å². The fourth-order valence-corrected chi connectivity index (χ4v) is 3.24. The molecule has 0 radical (unpaired) electrons. The molecule has 0 amide bonds. The molecule has 2 aromatic carbocycles. The Kier molecular flexibility index (Phi) is 9.50. The number of guanidine groups is 1. The molecule has 0 unspecified atom stereocenters. The fourth-order valence-electron chi connectivity index (χ4n) is 3.24. The van der Waals surface area contributed by atoms with Crippen molar-refractivity contribution < 1.29 is 14.2 Å². The molecule has 1 fully saturated rings. The van der Waals surface area contributed by atoms with Gasteiger partial charge in [-0.15, -0.1) is 0 Å². The van der Waals surface area contributed by atoms with Crippen LogP contribution in [0.25, 0.3) is 0 Å². The van der Waals surface area contributed by atoms with Gasteiger partial charge in [-0.05, 0) is 43.0 Å². The lowest BCUT2D eigenvalue weighted by Crippen LogP contribution is -2.39. The van der Waals surface area contributed by atoms with Crippen LogP contribution in [0, 0.1) is 0 Å². The molecule has 0 aliphatic carbocycles. The van der Waals surface area contributed by atoms with Crippen molar-refractivity contribution in [2.75, 3.05) is 32.9 Å². The summed E-state index contributed by atoms with van der Waals surface area (Å²) in [5.74, 6) is 1.67. The first-order chi connectivity index (χ1) is 14.8. The predicted octanol–water partition coefficient (Wildman–Crippen LogP) is 3.52. The Hall–Kier alpha value is -2.57. The smallest absolute Gasteiger partial charge is 0.191 e. The molecule has 2 aromatic rings. The Balaban J connectivity index is 1.44. The van der Waals surface area contributed by atoms with Crippen molar-refractivity contribution in [2.45, 2.75) is 39.0 Å². The molecule has 0 aromatic heterocycles. The Morgan fingerprint density at radius 2 is 1.83 bits per heavy atom. The highest BCUT2D eigenvalue weighted by atomic mass is 16.5. The van der Waals surface area contributed by atoms with Crippen LogP contribution in [0.4, 0.5) is 0 Å². The third kappa shape index (κ3) is 8.05. The van der Waals surface area contributed by atoms with Crippen LogP contribution in [0.2, 0.25) is 0 Å². The number of para-hydroxylation sites is 1. The highest BCUT2D eigenvalue weighted by Crippen LogP contribution is 2.14. The Morgan fingerprint density at radius 1 is 1.03 bits per heavy atom. The number of aliphatic imine (C=N–C) groups is 1. The van der Waals surface area contributed by atoms with Crippen molar-refractivity contribution >= 4 is 5.96 Å². The summed E-state index contributed by atoms with van der Waals surface area (Å²) in [5, 5.41) is 6.60. The molecule has 1 heterocycles. The minimum absolute atomic E-state index is 0.308. The molecule has 0 saturated carbocycles. The van der Waals surface area contributed by atoms with Gasteiger partial charge in [0.25, 0.3) is 0 Å². The summed E-state index contributed by atoms with van der Waals surface area (Å²) in [6.07, 6.45) is 2.27. The number of hydrogen-bond donors (Lipinski definition) is 2. The average molecular weight is 412 g/mol. The van der Waals surface area contributed by atoms with Crippen LogP contribution in [0.5, 0.6) is 5.75 Å². The van der Waals surface area contributed by atoms with Crippen LogP contribution < -0.4 is 15.4 Å². The van der Waals surface area contributed by atoms with Crippen molar-refractivity contribution in [2.24, 2.45) is 4.99 Å². The molecular formula is C24H33N3O3. The Morgan fingerprint density at radius 3 is 2.63 bits per heavy atom. The van der Waals surface area contributed by atoms with Crippen LogP contribution in [0.15, 0.2) is 59.6 Å². The number of ether oxygens (including phenoxy) is 3. The van der Waals surface area contributed by atoms with Gasteiger partial charge in [-0.25, -0.2) is 4.99 Å². The molecule has 1 aliphatic heterocycles. The van der Waals surface area contributed by atoms with E-state index in [1.807, 2.05) is 30.3 Å². The van der Waals surface area contributed by atoms with E-state index in [0.29, 0.717) is 32.4 Å². The maximum atomic E-state index is 6.04. The van der Waals surface area contributed by atoms with Crippen molar-refractivity contribution in [1.82, 2.24) is 10.6 Å². The standard InChI is InChI=1S/C24H33N3O3/c1-2-25-24(26-13-16-29-22-9-4-3-5-10-22)27-18-20-7-6-8-21(17-20)19-30-23-11-14-28-15-12-23/h3-10,17,23H,2,11-16,18-19H2,1H3,(H2,25,26,27). The molecule has 0 atom stereocenters. The third-order valence-electron chi connectivity index (χ3n) is 4.82. The van der Waals surface area contributed by atoms with Crippen LogP contribution in [0.3, 0.4) is 0 Å². The summed E-state index contributed by atoms with van der Waals surface area (Å²) in [5.41, 5.74) is 2.35. The van der Waals surface area contributed by atoms with Gasteiger partial charge >= 0.3 is 0 Å². The molecule has 6 heteroatoms. The van der Waals surface area contributed by atoms with Gasteiger partial charge in [0, 0.05) is 19.8 Å². The highest BCUT2D eigenvalue weighted by molar-refractivity contribution is 5.79. The molecule has 0 spiro atoms. The van der Waals surface area contributed by atoms with Crippen molar-refractivity contribution in [3.63, 3.8) is 0 Å². The zero-order valence-electron chi connectivity index (χ0n) is 17.8. The summed E-state index contributed by atoms with van der Waals surface area (Å²) in [6.45, 7) is 6.98. The van der Waals surface area contributed by atoms with Crippen molar-refractivity contribution in [3.05, 3.63) is 65.7 Å². The maximum Gasteiger partial charge on any atom is 0.191 e. The van der Waals surface area contributed by atoms with E-state index in [4.69, 9.17) is 19.2 Å². The second kappa shape index (κ2) is 12.9. The van der Waals surface area contributed by atoms with Crippen LogP contribution >= 0.6 is 0 Å². The van der Waals surface area contributed by atoms with E-state index in [1.54, 1.807) is 0 Å². The molecular weight excluding hydrogens is 378 g/mol. The van der Waals surface area contributed by atoms with Gasteiger partial charge in [-0.1, -0.05) is 42.5 Å². The number of nitrogens with zero attached hydrogens (tertiary/aromatic N) is 1. The summed E-state index contributed by atoms with van der Waals surface area (Å²) in [6, 6.07) is 18.3. The summed E-state index contributed by atoms with van der Waals surface area (Å²) >= 11 is 0. The Bertz CT molecular complexity index is 761. The van der Waals surface area contributed by atoms with Gasteiger partial charge in [-0.2, -0.15) is 0 Å². The topological polar surface area (TPSA) is 64.1 Å². The SMILES string of the molecule is CCNC(=NCc1cccc(COC2CCOCC2)c1)NCCOc1ccccc1. The normalized spacial score (nSPS) is 15.0. The lowest BCUT2D eigenvalue weighted by atomic mass is 10.1. The monoisotopic (exact) mass is 411 g/mol. The largest absolute Gasteiger partial charge is 0.492 e. The van der Waals surface area contributed by atoms with Gasteiger partial charge in [0.1, 0.15) is 12.4 Å². The predicted molar refractivity (Wildman–Crippen MR) is 120 cm³/mol. The molecule has 0 bridgehead atoms. The number of hydrogen-bond acceptors (Lipinski definition) is 4. The number of nitrogens with one attached hydrogen (secondary N) is 2. The minimum Gasteiger partial charge on any atom is -0.492 e. The molecule has 1 aliphatic rings. The van der Waals surface area contributed by atoms with E-state index >= 15 is 0 Å². The molecule has 6 nitrogen and oxygen atoms in total. The first kappa shape index (κ1) is 22.1. The molecule has 162 valence electrons. The van der Waals surface area contributed by atoms with Crippen LogP contribution in [0.1, 0.15) is 30.9 Å². The lowest BCUT2D eigenvalue weighted by molar-refractivity contribution is -0.0390. The van der Waals surface area contributed by atoms with E-state index in [9.17, 15) is 0 Å². The first-order valence-electron chi connectivity index (χ1n) is 10.8. The van der Waals surface area contributed by atoms with Crippen molar-refractivity contribution in [3.8, 4) is 5.75 Å². The van der Waals surface area contributed by atoms with E-state index < -0.39 is 0 Å². The van der Waals surface area contributed by atoms with Gasteiger partial charge in [0.2, 0.25) is 0 Å². The molecule has 2 N–H and O–H groups in total. The quantitative estimate of drug-likeness (QED) is 0.356. The summed E-state index contributed by atoms with van der Waals surface area (Å²) < 4.78 is 17.1. The van der Waals surface area contributed by atoms with Crippen molar-refractivity contribution in [1.29, 1.82) is 0 Å². The summed E-state index contributed by atoms with van der Waals surface area (Å²) in [4.78, 5) is 4.70. The van der Waals surface area contributed by atoms with E-state index in [1.165, 1.54) is 11.1 Å². The Labute approximate surface area is 179 Å². The van der Waals surface area contributed by atoms with Gasteiger partial charge in [-0.3, -0.25) is 0 Å². The highest BCUT2D eigenvalue weighted by Gasteiger charge is 2.14. The van der Waals surface area contributed by atoms with Gasteiger partial charge in [0.05, 0.1) is 25.8 Å². The van der Waals surface area contributed by atoms with Gasteiger partial charge < -0.3 is 24.8 Å².